The van der Waals surface area contributed by atoms with E-state index in [0.29, 0.717) is 6.04 Å². The standard InChI is InChI=1S/C13H29N3O/c1-10(2)12(14)13(17)15-8-6-7-9-16(5)11(3)4/h10-12H,6-9,14H2,1-5H3,(H,15,17)/t12-/m1/s1. The maximum Gasteiger partial charge on any atom is 0.237 e. The van der Waals surface area contributed by atoms with E-state index in [1.54, 1.807) is 0 Å². The summed E-state index contributed by atoms with van der Waals surface area (Å²) in [5.74, 6) is 0.166. The molecule has 17 heavy (non-hydrogen) atoms. The quantitative estimate of drug-likeness (QED) is 0.630. The summed E-state index contributed by atoms with van der Waals surface area (Å²) in [6, 6.07) is 0.201. The van der Waals surface area contributed by atoms with Gasteiger partial charge in [0, 0.05) is 12.6 Å². The van der Waals surface area contributed by atoms with Crippen LogP contribution < -0.4 is 11.1 Å². The zero-order chi connectivity index (χ0) is 13.4. The minimum absolute atomic E-state index is 0.0304. The Bertz CT molecular complexity index is 217. The molecule has 102 valence electrons. The normalized spacial score (nSPS) is 13.5. The fourth-order valence-electron chi connectivity index (χ4n) is 1.38. The molecule has 0 aromatic heterocycles. The maximum atomic E-state index is 11.5. The predicted molar refractivity (Wildman–Crippen MR) is 72.8 cm³/mol. The van der Waals surface area contributed by atoms with Crippen LogP contribution in [0.5, 0.6) is 0 Å². The first-order chi connectivity index (χ1) is 7.86. The average molecular weight is 243 g/mol. The third-order valence-electron chi connectivity index (χ3n) is 3.14. The van der Waals surface area contributed by atoms with Gasteiger partial charge >= 0.3 is 0 Å². The Morgan fingerprint density at radius 2 is 1.82 bits per heavy atom. The zero-order valence-corrected chi connectivity index (χ0v) is 12.0. The van der Waals surface area contributed by atoms with Crippen LogP contribution in [0.2, 0.25) is 0 Å². The number of hydrogen-bond donors (Lipinski definition) is 2. The Kier molecular flexibility index (Phi) is 8.17. The molecular weight excluding hydrogens is 214 g/mol. The first-order valence-electron chi connectivity index (χ1n) is 6.59. The topological polar surface area (TPSA) is 58.4 Å². The Labute approximate surface area is 106 Å². The summed E-state index contributed by atoms with van der Waals surface area (Å²) in [4.78, 5) is 13.9. The van der Waals surface area contributed by atoms with Crippen LogP contribution in [0.15, 0.2) is 0 Å². The van der Waals surface area contributed by atoms with Gasteiger partial charge in [0.2, 0.25) is 5.91 Å². The Hall–Kier alpha value is -0.610. The van der Waals surface area contributed by atoms with E-state index in [1.165, 1.54) is 0 Å². The highest BCUT2D eigenvalue weighted by molar-refractivity contribution is 5.81. The van der Waals surface area contributed by atoms with Gasteiger partial charge in [0.15, 0.2) is 0 Å². The van der Waals surface area contributed by atoms with Gasteiger partial charge in [0.05, 0.1) is 6.04 Å². The minimum Gasteiger partial charge on any atom is -0.355 e. The summed E-state index contributed by atoms with van der Waals surface area (Å²) in [7, 11) is 2.12. The van der Waals surface area contributed by atoms with E-state index in [2.05, 4.69) is 31.1 Å². The highest BCUT2D eigenvalue weighted by atomic mass is 16.2. The lowest BCUT2D eigenvalue weighted by molar-refractivity contribution is -0.123. The van der Waals surface area contributed by atoms with Gasteiger partial charge in [-0.3, -0.25) is 4.79 Å². The van der Waals surface area contributed by atoms with Crippen molar-refractivity contribution in [2.45, 2.75) is 52.6 Å². The number of hydrogen-bond acceptors (Lipinski definition) is 3. The van der Waals surface area contributed by atoms with Crippen molar-refractivity contribution in [3.05, 3.63) is 0 Å². The molecule has 0 radical (unpaired) electrons. The molecule has 0 saturated heterocycles. The van der Waals surface area contributed by atoms with Crippen LogP contribution in [0.3, 0.4) is 0 Å². The van der Waals surface area contributed by atoms with Crippen molar-refractivity contribution < 1.29 is 4.79 Å². The number of carbonyl (C=O) groups excluding carboxylic acids is 1. The molecule has 0 fully saturated rings. The highest BCUT2D eigenvalue weighted by Gasteiger charge is 2.15. The molecule has 0 aromatic rings. The first kappa shape index (κ1) is 16.4. The van der Waals surface area contributed by atoms with Crippen molar-refractivity contribution in [1.29, 1.82) is 0 Å². The molecule has 0 spiro atoms. The van der Waals surface area contributed by atoms with E-state index >= 15 is 0 Å². The van der Waals surface area contributed by atoms with Gasteiger partial charge in [-0.1, -0.05) is 13.8 Å². The van der Waals surface area contributed by atoms with Crippen molar-refractivity contribution in [2.75, 3.05) is 20.1 Å². The Balaban J connectivity index is 3.55. The average Bonchev–Trinajstić information content (AvgIpc) is 2.26. The van der Waals surface area contributed by atoms with E-state index in [1.807, 2.05) is 13.8 Å². The summed E-state index contributed by atoms with van der Waals surface area (Å²) >= 11 is 0. The van der Waals surface area contributed by atoms with Gasteiger partial charge in [-0.2, -0.15) is 0 Å². The lowest BCUT2D eigenvalue weighted by Gasteiger charge is -2.21. The van der Waals surface area contributed by atoms with Crippen LogP contribution in [-0.4, -0.2) is 43.0 Å². The van der Waals surface area contributed by atoms with Crippen molar-refractivity contribution in [2.24, 2.45) is 11.7 Å². The number of unbranched alkanes of at least 4 members (excludes halogenated alkanes) is 1. The second-order valence-electron chi connectivity index (χ2n) is 5.34. The Morgan fingerprint density at radius 3 is 2.29 bits per heavy atom. The molecule has 0 heterocycles. The van der Waals surface area contributed by atoms with E-state index in [-0.39, 0.29) is 17.9 Å². The fourth-order valence-corrected chi connectivity index (χ4v) is 1.38. The number of rotatable bonds is 8. The molecule has 1 atom stereocenters. The van der Waals surface area contributed by atoms with Gasteiger partial charge in [0.25, 0.3) is 0 Å². The summed E-state index contributed by atoms with van der Waals surface area (Å²) < 4.78 is 0. The second kappa shape index (κ2) is 8.48. The summed E-state index contributed by atoms with van der Waals surface area (Å²) in [6.45, 7) is 10.1. The van der Waals surface area contributed by atoms with Crippen LogP contribution in [0.4, 0.5) is 0 Å². The molecule has 0 aliphatic rings. The SMILES string of the molecule is CC(C)[C@@H](N)C(=O)NCCCCN(C)C(C)C. The van der Waals surface area contributed by atoms with E-state index in [9.17, 15) is 4.79 Å². The van der Waals surface area contributed by atoms with Gasteiger partial charge in [-0.25, -0.2) is 0 Å². The number of nitrogens with two attached hydrogens (primary N) is 1. The molecule has 4 heteroatoms. The zero-order valence-electron chi connectivity index (χ0n) is 12.0. The fraction of sp³-hybridized carbons (Fsp3) is 0.923. The van der Waals surface area contributed by atoms with Crippen molar-refractivity contribution in [1.82, 2.24) is 10.2 Å². The summed E-state index contributed by atoms with van der Waals surface area (Å²) in [5.41, 5.74) is 5.74. The minimum atomic E-state index is -0.381. The first-order valence-corrected chi connectivity index (χ1v) is 6.59. The number of carbonyl (C=O) groups is 1. The molecule has 0 aromatic carbocycles. The van der Waals surface area contributed by atoms with Crippen LogP contribution in [-0.2, 0) is 4.79 Å². The molecule has 0 bridgehead atoms. The monoisotopic (exact) mass is 243 g/mol. The predicted octanol–water partition coefficient (Wildman–Crippen LogP) is 1.21. The Morgan fingerprint density at radius 1 is 1.24 bits per heavy atom. The number of nitrogens with zero attached hydrogens (tertiary/aromatic N) is 1. The second-order valence-corrected chi connectivity index (χ2v) is 5.34. The molecule has 4 nitrogen and oxygen atoms in total. The highest BCUT2D eigenvalue weighted by Crippen LogP contribution is 1.99. The van der Waals surface area contributed by atoms with E-state index in [0.717, 1.165) is 25.9 Å². The summed E-state index contributed by atoms with van der Waals surface area (Å²) in [6.07, 6.45) is 2.11. The van der Waals surface area contributed by atoms with Gasteiger partial charge < -0.3 is 16.0 Å². The van der Waals surface area contributed by atoms with Gasteiger partial charge in [-0.15, -0.1) is 0 Å². The number of nitrogens with one attached hydrogen (secondary N) is 1. The maximum absolute atomic E-state index is 11.5. The molecule has 0 aliphatic heterocycles. The van der Waals surface area contributed by atoms with Crippen molar-refractivity contribution >= 4 is 5.91 Å². The van der Waals surface area contributed by atoms with Crippen molar-refractivity contribution in [3.8, 4) is 0 Å². The van der Waals surface area contributed by atoms with E-state index in [4.69, 9.17) is 5.73 Å². The lowest BCUT2D eigenvalue weighted by atomic mass is 10.1. The van der Waals surface area contributed by atoms with Crippen molar-refractivity contribution in [3.63, 3.8) is 0 Å². The van der Waals surface area contributed by atoms with Crippen LogP contribution in [0, 0.1) is 5.92 Å². The smallest absolute Gasteiger partial charge is 0.237 e. The molecule has 3 N–H and O–H groups in total. The largest absolute Gasteiger partial charge is 0.355 e. The molecule has 0 aliphatic carbocycles. The lowest BCUT2D eigenvalue weighted by Crippen LogP contribution is -2.44. The van der Waals surface area contributed by atoms with Crippen LogP contribution >= 0.6 is 0 Å². The molecular formula is C13H29N3O. The van der Waals surface area contributed by atoms with E-state index < -0.39 is 0 Å². The molecule has 0 unspecified atom stereocenters. The molecule has 0 saturated carbocycles. The number of amides is 1. The molecule has 1 amide bonds. The van der Waals surface area contributed by atoms with Crippen LogP contribution in [0.1, 0.15) is 40.5 Å². The van der Waals surface area contributed by atoms with Crippen LogP contribution in [0.25, 0.3) is 0 Å². The summed E-state index contributed by atoms with van der Waals surface area (Å²) in [5, 5.41) is 2.88. The van der Waals surface area contributed by atoms with Gasteiger partial charge in [-0.05, 0) is 46.2 Å². The molecule has 0 rings (SSSR count). The third-order valence-corrected chi connectivity index (χ3v) is 3.14. The van der Waals surface area contributed by atoms with Gasteiger partial charge in [0.1, 0.15) is 0 Å². The third kappa shape index (κ3) is 7.34.